The van der Waals surface area contributed by atoms with E-state index in [1.807, 2.05) is 36.4 Å². The summed E-state index contributed by atoms with van der Waals surface area (Å²) in [4.78, 5) is 23.2. The molecule has 1 heterocycles. The molecule has 1 atom stereocenters. The molecule has 0 unspecified atom stereocenters. The lowest BCUT2D eigenvalue weighted by Crippen LogP contribution is -2.24. The third-order valence-corrected chi connectivity index (χ3v) is 6.33. The lowest BCUT2D eigenvalue weighted by molar-refractivity contribution is -0.384. The first kappa shape index (κ1) is 23.1. The molecule has 0 aliphatic rings. The Balaban J connectivity index is 1.46. The molecule has 0 aliphatic heterocycles. The summed E-state index contributed by atoms with van der Waals surface area (Å²) in [6, 6.07) is 18.1. The lowest BCUT2D eigenvalue weighted by Gasteiger charge is -2.14. The Hall–Kier alpha value is -4.12. The fraction of sp³-hybridized carbons (Fsp3) is 0.174. The van der Waals surface area contributed by atoms with Crippen LogP contribution in [-0.4, -0.2) is 38.1 Å². The first-order valence-corrected chi connectivity index (χ1v) is 11.2. The first-order chi connectivity index (χ1) is 16.4. The zero-order valence-electron chi connectivity index (χ0n) is 18.5. The molecule has 34 heavy (non-hydrogen) atoms. The highest BCUT2D eigenvalue weighted by atomic mass is 32.2. The van der Waals surface area contributed by atoms with Crippen molar-refractivity contribution < 1.29 is 14.5 Å². The number of nitro groups is 1. The predicted octanol–water partition coefficient (Wildman–Crippen LogP) is 3.77. The molecule has 11 heteroatoms. The SMILES string of the molecule is COc1cc([N+](=O)[O-])ccc1NC(=O)[C@H](C)Sc1nnc(Cc2cccc3ccccc23)n1N. The highest BCUT2D eigenvalue weighted by Gasteiger charge is 2.21. The summed E-state index contributed by atoms with van der Waals surface area (Å²) in [7, 11) is 1.38. The second kappa shape index (κ2) is 9.79. The van der Waals surface area contributed by atoms with Gasteiger partial charge in [-0.05, 0) is 29.3 Å². The quantitative estimate of drug-likeness (QED) is 0.169. The highest BCUT2D eigenvalue weighted by molar-refractivity contribution is 8.00. The maximum absolute atomic E-state index is 12.7. The lowest BCUT2D eigenvalue weighted by atomic mass is 10.0. The topological polar surface area (TPSA) is 138 Å². The zero-order valence-corrected chi connectivity index (χ0v) is 19.3. The number of nitrogens with zero attached hydrogens (tertiary/aromatic N) is 4. The van der Waals surface area contributed by atoms with E-state index in [0.717, 1.165) is 28.1 Å². The normalized spacial score (nSPS) is 11.8. The largest absolute Gasteiger partial charge is 0.494 e. The minimum absolute atomic E-state index is 0.132. The summed E-state index contributed by atoms with van der Waals surface area (Å²) in [5, 5.41) is 24.1. The predicted molar refractivity (Wildman–Crippen MR) is 131 cm³/mol. The van der Waals surface area contributed by atoms with Gasteiger partial charge in [-0.15, -0.1) is 10.2 Å². The number of nitro benzene ring substituents is 1. The third-order valence-electron chi connectivity index (χ3n) is 5.27. The first-order valence-electron chi connectivity index (χ1n) is 10.3. The number of aromatic nitrogens is 3. The van der Waals surface area contributed by atoms with Crippen LogP contribution in [0.1, 0.15) is 18.3 Å². The van der Waals surface area contributed by atoms with E-state index in [4.69, 9.17) is 10.6 Å². The van der Waals surface area contributed by atoms with Crippen LogP contribution >= 0.6 is 11.8 Å². The number of thioether (sulfide) groups is 1. The van der Waals surface area contributed by atoms with Crippen LogP contribution in [-0.2, 0) is 11.2 Å². The Morgan fingerprint density at radius 2 is 1.97 bits per heavy atom. The Labute approximate surface area is 199 Å². The van der Waals surface area contributed by atoms with Crippen molar-refractivity contribution in [2.45, 2.75) is 23.8 Å². The number of hydrogen-bond acceptors (Lipinski definition) is 8. The monoisotopic (exact) mass is 478 g/mol. The molecular formula is C23H22N6O4S. The molecule has 1 aromatic heterocycles. The minimum Gasteiger partial charge on any atom is -0.494 e. The molecule has 0 aliphatic carbocycles. The van der Waals surface area contributed by atoms with Gasteiger partial charge in [-0.2, -0.15) is 0 Å². The highest BCUT2D eigenvalue weighted by Crippen LogP contribution is 2.30. The van der Waals surface area contributed by atoms with E-state index in [-0.39, 0.29) is 17.3 Å². The molecule has 0 fully saturated rings. The second-order valence-corrected chi connectivity index (χ2v) is 8.78. The summed E-state index contributed by atoms with van der Waals surface area (Å²) in [5.74, 6) is 6.67. The van der Waals surface area contributed by atoms with Crippen LogP contribution in [0, 0.1) is 10.1 Å². The molecule has 174 valence electrons. The molecular weight excluding hydrogens is 456 g/mol. The summed E-state index contributed by atoms with van der Waals surface area (Å²) in [6.45, 7) is 1.71. The number of anilines is 1. The average molecular weight is 479 g/mol. The fourth-order valence-electron chi connectivity index (χ4n) is 3.47. The van der Waals surface area contributed by atoms with Gasteiger partial charge in [0, 0.05) is 12.5 Å². The number of methoxy groups -OCH3 is 1. The van der Waals surface area contributed by atoms with Gasteiger partial charge >= 0.3 is 0 Å². The molecule has 1 amide bonds. The van der Waals surface area contributed by atoms with Crippen LogP contribution in [0.25, 0.3) is 10.8 Å². The number of rotatable bonds is 8. The average Bonchev–Trinajstić information content (AvgIpc) is 3.18. The number of carbonyl (C=O) groups is 1. The van der Waals surface area contributed by atoms with Gasteiger partial charge < -0.3 is 15.9 Å². The van der Waals surface area contributed by atoms with Gasteiger partial charge in [-0.1, -0.05) is 54.2 Å². The van der Waals surface area contributed by atoms with Gasteiger partial charge in [0.2, 0.25) is 11.1 Å². The van der Waals surface area contributed by atoms with E-state index >= 15 is 0 Å². The van der Waals surface area contributed by atoms with E-state index in [1.54, 1.807) is 6.92 Å². The summed E-state index contributed by atoms with van der Waals surface area (Å²) in [6.07, 6.45) is 0.492. The molecule has 4 aromatic rings. The van der Waals surface area contributed by atoms with Crippen molar-refractivity contribution in [3.05, 3.63) is 82.2 Å². The van der Waals surface area contributed by atoms with Gasteiger partial charge in [0.05, 0.1) is 29.0 Å². The van der Waals surface area contributed by atoms with Crippen LogP contribution in [0.3, 0.4) is 0 Å². The maximum Gasteiger partial charge on any atom is 0.273 e. The van der Waals surface area contributed by atoms with Crippen molar-refractivity contribution in [1.29, 1.82) is 0 Å². The Kier molecular flexibility index (Phi) is 6.64. The van der Waals surface area contributed by atoms with Crippen LogP contribution in [0.15, 0.2) is 65.8 Å². The number of nitrogens with two attached hydrogens (primary N) is 1. The number of non-ortho nitro benzene ring substituents is 1. The molecule has 0 spiro atoms. The summed E-state index contributed by atoms with van der Waals surface area (Å²) in [5.41, 5.74) is 1.27. The van der Waals surface area contributed by atoms with Crippen molar-refractivity contribution >= 4 is 39.8 Å². The van der Waals surface area contributed by atoms with Crippen LogP contribution in [0.4, 0.5) is 11.4 Å². The zero-order chi connectivity index (χ0) is 24.2. The molecule has 0 saturated carbocycles. The Bertz CT molecular complexity index is 1370. The van der Waals surface area contributed by atoms with E-state index in [1.165, 1.54) is 30.0 Å². The number of carbonyl (C=O) groups excluding carboxylic acids is 1. The third kappa shape index (κ3) is 4.79. The van der Waals surface area contributed by atoms with E-state index in [0.29, 0.717) is 23.1 Å². The number of ether oxygens (including phenoxy) is 1. The summed E-state index contributed by atoms with van der Waals surface area (Å²) < 4.78 is 6.56. The van der Waals surface area contributed by atoms with Crippen molar-refractivity contribution in [3.8, 4) is 5.75 Å². The van der Waals surface area contributed by atoms with E-state index < -0.39 is 10.2 Å². The van der Waals surface area contributed by atoms with Crippen LogP contribution in [0.5, 0.6) is 5.75 Å². The molecule has 3 N–H and O–H groups in total. The van der Waals surface area contributed by atoms with Crippen molar-refractivity contribution in [2.24, 2.45) is 0 Å². The molecule has 4 rings (SSSR count). The van der Waals surface area contributed by atoms with Crippen LogP contribution in [0.2, 0.25) is 0 Å². The van der Waals surface area contributed by atoms with Gasteiger partial charge in [0.25, 0.3) is 5.69 Å². The number of amides is 1. The van der Waals surface area contributed by atoms with Gasteiger partial charge in [-0.3, -0.25) is 14.9 Å². The van der Waals surface area contributed by atoms with Gasteiger partial charge in [0.15, 0.2) is 5.82 Å². The van der Waals surface area contributed by atoms with Crippen LogP contribution < -0.4 is 15.9 Å². The van der Waals surface area contributed by atoms with Gasteiger partial charge in [0.1, 0.15) is 5.75 Å². The minimum atomic E-state index is -0.572. The smallest absolute Gasteiger partial charge is 0.273 e. The van der Waals surface area contributed by atoms with E-state index in [2.05, 4.69) is 21.6 Å². The Morgan fingerprint density at radius 1 is 1.21 bits per heavy atom. The van der Waals surface area contributed by atoms with Crippen molar-refractivity contribution in [3.63, 3.8) is 0 Å². The Morgan fingerprint density at radius 3 is 2.74 bits per heavy atom. The van der Waals surface area contributed by atoms with Gasteiger partial charge in [-0.25, -0.2) is 4.68 Å². The van der Waals surface area contributed by atoms with Crippen molar-refractivity contribution in [2.75, 3.05) is 18.3 Å². The molecule has 0 bridgehead atoms. The number of fused-ring (bicyclic) bond motifs is 1. The number of benzene rings is 3. The van der Waals surface area contributed by atoms with E-state index in [9.17, 15) is 14.9 Å². The summed E-state index contributed by atoms with van der Waals surface area (Å²) >= 11 is 1.16. The maximum atomic E-state index is 12.7. The number of hydrogen-bond donors (Lipinski definition) is 2. The molecule has 0 saturated heterocycles. The van der Waals surface area contributed by atoms with Crippen molar-refractivity contribution in [1.82, 2.24) is 14.9 Å². The standard InChI is InChI=1S/C23H22N6O4S/c1-14(22(30)25-19-11-10-17(29(31)32)13-20(19)33-2)34-23-27-26-21(28(23)24)12-16-8-5-7-15-6-3-4-9-18(15)16/h3-11,13-14H,12,24H2,1-2H3,(H,25,30)/t14-/m0/s1. The fourth-order valence-corrected chi connectivity index (χ4v) is 4.26. The molecule has 10 nitrogen and oxygen atoms in total. The molecule has 0 radical (unpaired) electrons. The number of nitrogen functional groups attached to an aromatic ring is 1. The number of nitrogens with one attached hydrogen (secondary N) is 1. The second-order valence-electron chi connectivity index (χ2n) is 7.47. The molecule has 3 aromatic carbocycles.